The number of carboxylic acids is 1. The zero-order chi connectivity index (χ0) is 19.6. The van der Waals surface area contributed by atoms with Gasteiger partial charge in [0.05, 0.1) is 0 Å². The molecule has 0 aliphatic carbocycles. The van der Waals surface area contributed by atoms with Crippen molar-refractivity contribution in [2.45, 2.75) is 30.2 Å². The molecule has 27 heavy (non-hydrogen) atoms. The number of anilines is 1. The summed E-state index contributed by atoms with van der Waals surface area (Å²) in [6, 6.07) is 0.700. The van der Waals surface area contributed by atoms with Gasteiger partial charge in [0.1, 0.15) is 29.1 Å². The first kappa shape index (κ1) is 18.6. The second-order valence-electron chi connectivity index (χ2n) is 5.69. The van der Waals surface area contributed by atoms with Gasteiger partial charge in [-0.1, -0.05) is 5.16 Å². The molecular weight excluding hydrogens is 376 g/mol. The number of aromatic nitrogens is 2. The number of fused-ring (bicyclic) bond motifs is 1. The third kappa shape index (κ3) is 4.00. The standard InChI is InChI=1S/C15H16N6O5S/c1-7-4-8(15(24)25)21-13(23)12(14(21)27-7)20-11(22)5-18-26-6-10-17-3-2-9(16)19-10/h2-5,7,12,14H,6H2,1H3,(H,20,22)(H,24,25)(H2,16,17,19)/b18-5+. The quantitative estimate of drug-likeness (QED) is 0.323. The number of thioether (sulfide) groups is 1. The molecule has 3 unspecified atom stereocenters. The van der Waals surface area contributed by atoms with Crippen molar-refractivity contribution < 1.29 is 24.3 Å². The number of hydrogen-bond acceptors (Lipinski definition) is 9. The molecule has 0 radical (unpaired) electrons. The molecule has 4 N–H and O–H groups in total. The Balaban J connectivity index is 1.52. The first-order valence-electron chi connectivity index (χ1n) is 7.83. The molecule has 3 atom stereocenters. The number of nitrogens with one attached hydrogen (secondary N) is 1. The maximum absolute atomic E-state index is 12.2. The lowest BCUT2D eigenvalue weighted by Crippen LogP contribution is -2.70. The van der Waals surface area contributed by atoms with E-state index in [0.29, 0.717) is 5.82 Å². The van der Waals surface area contributed by atoms with Crippen molar-refractivity contribution in [2.75, 3.05) is 5.73 Å². The molecule has 3 heterocycles. The van der Waals surface area contributed by atoms with Gasteiger partial charge in [-0.3, -0.25) is 14.5 Å². The molecule has 0 aromatic carbocycles. The monoisotopic (exact) mass is 392 g/mol. The summed E-state index contributed by atoms with van der Waals surface area (Å²) in [5.41, 5.74) is 5.44. The molecule has 3 rings (SSSR count). The predicted octanol–water partition coefficient (Wildman–Crippen LogP) is -0.682. The minimum absolute atomic E-state index is 0.0686. The molecule has 142 valence electrons. The molecule has 1 aromatic rings. The van der Waals surface area contributed by atoms with E-state index in [-0.39, 0.29) is 23.4 Å². The molecule has 2 amide bonds. The molecule has 2 aliphatic heterocycles. The second-order valence-corrected chi connectivity index (χ2v) is 7.19. The lowest BCUT2D eigenvalue weighted by molar-refractivity contribution is -0.150. The van der Waals surface area contributed by atoms with E-state index in [1.165, 1.54) is 35.0 Å². The largest absolute Gasteiger partial charge is 0.477 e. The average molecular weight is 392 g/mol. The molecule has 0 bridgehead atoms. The van der Waals surface area contributed by atoms with Crippen molar-refractivity contribution in [2.24, 2.45) is 5.16 Å². The van der Waals surface area contributed by atoms with E-state index in [4.69, 9.17) is 10.6 Å². The van der Waals surface area contributed by atoms with Crippen molar-refractivity contribution >= 4 is 41.6 Å². The van der Waals surface area contributed by atoms with Gasteiger partial charge in [0, 0.05) is 11.4 Å². The normalized spacial score (nSPS) is 24.0. The van der Waals surface area contributed by atoms with Gasteiger partial charge in [0.2, 0.25) is 0 Å². The number of β-lactam (4-membered cyclic amide) rings is 1. The van der Waals surface area contributed by atoms with E-state index in [1.807, 2.05) is 6.92 Å². The van der Waals surface area contributed by atoms with Crippen LogP contribution in [0.3, 0.4) is 0 Å². The molecule has 11 nitrogen and oxygen atoms in total. The Labute approximate surface area is 157 Å². The van der Waals surface area contributed by atoms with Crippen molar-refractivity contribution in [3.63, 3.8) is 0 Å². The Hall–Kier alpha value is -3.15. The van der Waals surface area contributed by atoms with Crippen LogP contribution < -0.4 is 11.1 Å². The number of amides is 2. The summed E-state index contributed by atoms with van der Waals surface area (Å²) >= 11 is 1.38. The maximum Gasteiger partial charge on any atom is 0.352 e. The van der Waals surface area contributed by atoms with Gasteiger partial charge in [0.25, 0.3) is 11.8 Å². The van der Waals surface area contributed by atoms with Crippen molar-refractivity contribution in [1.82, 2.24) is 20.2 Å². The van der Waals surface area contributed by atoms with Gasteiger partial charge in [-0.15, -0.1) is 11.8 Å². The molecule has 1 saturated heterocycles. The third-order valence-electron chi connectivity index (χ3n) is 3.73. The number of carbonyl (C=O) groups excluding carboxylic acids is 2. The van der Waals surface area contributed by atoms with Crippen LogP contribution in [0.1, 0.15) is 12.7 Å². The van der Waals surface area contributed by atoms with E-state index >= 15 is 0 Å². The Morgan fingerprint density at radius 2 is 2.33 bits per heavy atom. The smallest absolute Gasteiger partial charge is 0.352 e. The average Bonchev–Trinajstić information content (AvgIpc) is 2.62. The number of nitrogens with two attached hydrogens (primary N) is 1. The Morgan fingerprint density at radius 1 is 1.56 bits per heavy atom. The van der Waals surface area contributed by atoms with Crippen LogP contribution in [-0.2, 0) is 25.8 Å². The van der Waals surface area contributed by atoms with Gasteiger partial charge in [0.15, 0.2) is 12.4 Å². The number of nitrogens with zero attached hydrogens (tertiary/aromatic N) is 4. The molecule has 0 saturated carbocycles. The third-order valence-corrected chi connectivity index (χ3v) is 5.06. The van der Waals surface area contributed by atoms with Crippen LogP contribution in [0.5, 0.6) is 0 Å². The molecule has 2 aliphatic rings. The summed E-state index contributed by atoms with van der Waals surface area (Å²) < 4.78 is 0. The lowest BCUT2D eigenvalue weighted by atomic mass is 10.0. The van der Waals surface area contributed by atoms with E-state index in [0.717, 1.165) is 6.21 Å². The molecule has 12 heteroatoms. The van der Waals surface area contributed by atoms with Crippen molar-refractivity contribution in [1.29, 1.82) is 0 Å². The predicted molar refractivity (Wildman–Crippen MR) is 95.1 cm³/mol. The Bertz CT molecular complexity index is 844. The highest BCUT2D eigenvalue weighted by Crippen LogP contribution is 2.40. The van der Waals surface area contributed by atoms with Gasteiger partial charge in [-0.25, -0.2) is 14.8 Å². The van der Waals surface area contributed by atoms with Gasteiger partial charge in [-0.05, 0) is 19.1 Å². The molecule has 0 spiro atoms. The second kappa shape index (κ2) is 7.61. The summed E-state index contributed by atoms with van der Waals surface area (Å²) in [5, 5.41) is 14.6. The number of rotatable bonds is 6. The van der Waals surface area contributed by atoms with Crippen LogP contribution in [0.15, 0.2) is 29.2 Å². The topological polar surface area (TPSA) is 160 Å². The van der Waals surface area contributed by atoms with Crippen LogP contribution in [0.2, 0.25) is 0 Å². The number of carbonyl (C=O) groups is 3. The highest BCUT2D eigenvalue weighted by molar-refractivity contribution is 8.00. The highest BCUT2D eigenvalue weighted by atomic mass is 32.2. The molecular formula is C15H16N6O5S. The SMILES string of the molecule is CC1C=C(C(=O)O)N2C(=O)C(NC(=O)/C=N/OCc3nccc(N)n3)C2S1. The first-order valence-corrected chi connectivity index (χ1v) is 8.78. The highest BCUT2D eigenvalue weighted by Gasteiger charge is 2.53. The fourth-order valence-electron chi connectivity index (χ4n) is 2.58. The van der Waals surface area contributed by atoms with E-state index in [1.54, 1.807) is 0 Å². The lowest BCUT2D eigenvalue weighted by Gasteiger charge is -2.49. The molecule has 1 aromatic heterocycles. The van der Waals surface area contributed by atoms with Crippen LogP contribution in [-0.4, -0.2) is 60.6 Å². The Kier molecular flexibility index (Phi) is 5.26. The van der Waals surface area contributed by atoms with Crippen molar-refractivity contribution in [3.8, 4) is 0 Å². The fourth-order valence-corrected chi connectivity index (χ4v) is 3.91. The van der Waals surface area contributed by atoms with Crippen LogP contribution in [0.25, 0.3) is 0 Å². The fraction of sp³-hybridized carbons (Fsp3) is 0.333. The first-order chi connectivity index (χ1) is 12.9. The zero-order valence-corrected chi connectivity index (χ0v) is 14.9. The number of oxime groups is 1. The molecule has 1 fully saturated rings. The van der Waals surface area contributed by atoms with Crippen LogP contribution in [0.4, 0.5) is 5.82 Å². The van der Waals surface area contributed by atoms with E-state index in [2.05, 4.69) is 20.4 Å². The summed E-state index contributed by atoms with van der Waals surface area (Å²) in [4.78, 5) is 49.3. The summed E-state index contributed by atoms with van der Waals surface area (Å²) in [5.74, 6) is -1.71. The minimum Gasteiger partial charge on any atom is -0.477 e. The minimum atomic E-state index is -1.18. The van der Waals surface area contributed by atoms with Crippen molar-refractivity contribution in [3.05, 3.63) is 29.9 Å². The number of carboxylic acid groups (broad SMARTS) is 1. The Morgan fingerprint density at radius 3 is 3.04 bits per heavy atom. The summed E-state index contributed by atoms with van der Waals surface area (Å²) in [6.45, 7) is 1.74. The van der Waals surface area contributed by atoms with E-state index in [9.17, 15) is 19.5 Å². The van der Waals surface area contributed by atoms with Crippen LogP contribution in [0, 0.1) is 0 Å². The maximum atomic E-state index is 12.2. The zero-order valence-electron chi connectivity index (χ0n) is 14.1. The van der Waals surface area contributed by atoms with Crippen LogP contribution >= 0.6 is 11.8 Å². The number of nitrogen functional groups attached to an aromatic ring is 1. The van der Waals surface area contributed by atoms with Gasteiger partial charge in [-0.2, -0.15) is 0 Å². The van der Waals surface area contributed by atoms with Gasteiger partial charge < -0.3 is 21.0 Å². The van der Waals surface area contributed by atoms with Gasteiger partial charge >= 0.3 is 5.97 Å². The summed E-state index contributed by atoms with van der Waals surface area (Å²) in [7, 11) is 0. The number of hydrogen-bond donors (Lipinski definition) is 3. The summed E-state index contributed by atoms with van der Waals surface area (Å²) in [6.07, 6.45) is 3.86. The van der Waals surface area contributed by atoms with E-state index < -0.39 is 29.2 Å². The number of aliphatic carboxylic acids is 1.